The second-order valence-electron chi connectivity index (χ2n) is 5.95. The lowest BCUT2D eigenvalue weighted by Crippen LogP contribution is -2.23. The lowest BCUT2D eigenvalue weighted by molar-refractivity contribution is -0.121. The van der Waals surface area contributed by atoms with Gasteiger partial charge in [0.25, 0.3) is 0 Å². The fourth-order valence-corrected chi connectivity index (χ4v) is 2.73. The minimum atomic E-state index is 0.122. The van der Waals surface area contributed by atoms with E-state index >= 15 is 0 Å². The third-order valence-electron chi connectivity index (χ3n) is 4.09. The summed E-state index contributed by atoms with van der Waals surface area (Å²) in [6.07, 6.45) is 9.17. The van der Waals surface area contributed by atoms with Crippen LogP contribution in [0.15, 0.2) is 18.3 Å². The number of nitrogens with zero attached hydrogens (tertiary/aromatic N) is 2. The molecule has 5 heteroatoms. The van der Waals surface area contributed by atoms with Crippen molar-refractivity contribution in [3.8, 4) is 0 Å². The molecule has 1 aromatic rings. The van der Waals surface area contributed by atoms with E-state index in [2.05, 4.69) is 27.3 Å². The molecule has 1 fully saturated rings. The monoisotopic (exact) mass is 304 g/mol. The van der Waals surface area contributed by atoms with Gasteiger partial charge in [0, 0.05) is 32.3 Å². The third-order valence-corrected chi connectivity index (χ3v) is 4.09. The summed E-state index contributed by atoms with van der Waals surface area (Å²) < 4.78 is 0. The number of hydrogen-bond acceptors (Lipinski definition) is 4. The average molecular weight is 304 g/mol. The van der Waals surface area contributed by atoms with Crippen molar-refractivity contribution in [3.63, 3.8) is 0 Å². The molecule has 2 rings (SSSR count). The Balaban J connectivity index is 1.64. The van der Waals surface area contributed by atoms with E-state index in [1.165, 1.54) is 12.8 Å². The van der Waals surface area contributed by atoms with Gasteiger partial charge in [-0.15, -0.1) is 0 Å². The zero-order chi connectivity index (χ0) is 15.6. The van der Waals surface area contributed by atoms with E-state index in [0.717, 1.165) is 56.7 Å². The molecule has 1 aliphatic rings. The standard InChI is InChI=1S/C17H28N4O/c18-10-4-2-1-3-7-17(22)20-14-15-8-9-16(19-13-15)21-11-5-6-12-21/h8-9,13H,1-7,10-12,14,18H2,(H,20,22). The smallest absolute Gasteiger partial charge is 0.220 e. The van der Waals surface area contributed by atoms with Crippen molar-refractivity contribution in [1.82, 2.24) is 10.3 Å². The van der Waals surface area contributed by atoms with Crippen LogP contribution in [-0.2, 0) is 11.3 Å². The molecule has 0 saturated carbocycles. The Bertz CT molecular complexity index is 440. The van der Waals surface area contributed by atoms with Gasteiger partial charge in [-0.2, -0.15) is 0 Å². The number of carbonyl (C=O) groups is 1. The number of nitrogens with one attached hydrogen (secondary N) is 1. The lowest BCUT2D eigenvalue weighted by Gasteiger charge is -2.16. The maximum Gasteiger partial charge on any atom is 0.220 e. The molecule has 1 aliphatic heterocycles. The Morgan fingerprint density at radius 3 is 2.64 bits per heavy atom. The Hall–Kier alpha value is -1.62. The molecule has 0 aromatic carbocycles. The molecule has 0 bridgehead atoms. The summed E-state index contributed by atoms with van der Waals surface area (Å²) >= 11 is 0. The second kappa shape index (κ2) is 9.41. The highest BCUT2D eigenvalue weighted by atomic mass is 16.1. The van der Waals surface area contributed by atoms with Crippen molar-refractivity contribution >= 4 is 11.7 Å². The van der Waals surface area contributed by atoms with E-state index in [1.807, 2.05) is 6.20 Å². The molecule has 22 heavy (non-hydrogen) atoms. The first kappa shape index (κ1) is 16.7. The molecule has 0 unspecified atom stereocenters. The van der Waals surface area contributed by atoms with Crippen molar-refractivity contribution in [2.75, 3.05) is 24.5 Å². The molecule has 3 N–H and O–H groups in total. The van der Waals surface area contributed by atoms with Gasteiger partial charge in [0.15, 0.2) is 0 Å². The summed E-state index contributed by atoms with van der Waals surface area (Å²) in [5.41, 5.74) is 6.50. The van der Waals surface area contributed by atoms with Gasteiger partial charge in [-0.05, 0) is 43.9 Å². The van der Waals surface area contributed by atoms with E-state index in [1.54, 1.807) is 0 Å². The van der Waals surface area contributed by atoms with E-state index < -0.39 is 0 Å². The van der Waals surface area contributed by atoms with Crippen LogP contribution in [0, 0.1) is 0 Å². The molecular formula is C17H28N4O. The van der Waals surface area contributed by atoms with Crippen molar-refractivity contribution in [1.29, 1.82) is 0 Å². The van der Waals surface area contributed by atoms with Crippen LogP contribution in [0.3, 0.4) is 0 Å². The van der Waals surface area contributed by atoms with E-state index in [4.69, 9.17) is 5.73 Å². The average Bonchev–Trinajstić information content (AvgIpc) is 3.08. The number of anilines is 1. The number of amides is 1. The Labute approximate surface area is 133 Å². The normalized spacial score (nSPS) is 14.3. The predicted molar refractivity (Wildman–Crippen MR) is 89.7 cm³/mol. The van der Waals surface area contributed by atoms with Crippen LogP contribution in [0.2, 0.25) is 0 Å². The molecule has 2 heterocycles. The molecule has 0 atom stereocenters. The number of nitrogens with two attached hydrogens (primary N) is 1. The van der Waals surface area contributed by atoms with Crippen molar-refractivity contribution < 1.29 is 4.79 Å². The zero-order valence-corrected chi connectivity index (χ0v) is 13.4. The second-order valence-corrected chi connectivity index (χ2v) is 5.95. The summed E-state index contributed by atoms with van der Waals surface area (Å²) in [6, 6.07) is 4.11. The molecule has 0 radical (unpaired) electrons. The Morgan fingerprint density at radius 1 is 1.18 bits per heavy atom. The number of aromatic nitrogens is 1. The van der Waals surface area contributed by atoms with Gasteiger partial charge in [-0.3, -0.25) is 4.79 Å². The summed E-state index contributed by atoms with van der Waals surface area (Å²) in [7, 11) is 0. The van der Waals surface area contributed by atoms with Crippen LogP contribution in [0.1, 0.15) is 50.5 Å². The fraction of sp³-hybridized carbons (Fsp3) is 0.647. The maximum absolute atomic E-state index is 11.8. The minimum absolute atomic E-state index is 0.122. The quantitative estimate of drug-likeness (QED) is 0.686. The molecule has 5 nitrogen and oxygen atoms in total. The van der Waals surface area contributed by atoms with Gasteiger partial charge in [0.1, 0.15) is 5.82 Å². The minimum Gasteiger partial charge on any atom is -0.357 e. The molecular weight excluding hydrogens is 276 g/mol. The maximum atomic E-state index is 11.8. The molecule has 1 amide bonds. The number of carbonyl (C=O) groups excluding carboxylic acids is 1. The number of pyridine rings is 1. The van der Waals surface area contributed by atoms with Crippen LogP contribution in [0.5, 0.6) is 0 Å². The van der Waals surface area contributed by atoms with Crippen LogP contribution in [0.25, 0.3) is 0 Å². The van der Waals surface area contributed by atoms with E-state index in [0.29, 0.717) is 13.0 Å². The summed E-state index contributed by atoms with van der Waals surface area (Å²) in [5.74, 6) is 1.17. The van der Waals surface area contributed by atoms with Crippen LogP contribution >= 0.6 is 0 Å². The highest BCUT2D eigenvalue weighted by Crippen LogP contribution is 2.17. The molecule has 1 saturated heterocycles. The van der Waals surface area contributed by atoms with Crippen LogP contribution in [-0.4, -0.2) is 30.5 Å². The number of rotatable bonds is 9. The lowest BCUT2D eigenvalue weighted by atomic mass is 10.1. The highest BCUT2D eigenvalue weighted by Gasteiger charge is 2.12. The third kappa shape index (κ3) is 5.64. The molecule has 0 spiro atoms. The number of hydrogen-bond donors (Lipinski definition) is 2. The Kier molecular flexibility index (Phi) is 7.16. The molecule has 1 aromatic heterocycles. The Morgan fingerprint density at radius 2 is 1.95 bits per heavy atom. The zero-order valence-electron chi connectivity index (χ0n) is 13.4. The first-order valence-corrected chi connectivity index (χ1v) is 8.46. The van der Waals surface area contributed by atoms with Gasteiger partial charge in [-0.25, -0.2) is 4.98 Å². The molecule has 122 valence electrons. The first-order chi connectivity index (χ1) is 10.8. The first-order valence-electron chi connectivity index (χ1n) is 8.46. The summed E-state index contributed by atoms with van der Waals surface area (Å²) in [6.45, 7) is 3.52. The summed E-state index contributed by atoms with van der Waals surface area (Å²) in [4.78, 5) is 18.6. The van der Waals surface area contributed by atoms with Crippen molar-refractivity contribution in [2.24, 2.45) is 5.73 Å². The highest BCUT2D eigenvalue weighted by molar-refractivity contribution is 5.75. The van der Waals surface area contributed by atoms with Crippen LogP contribution < -0.4 is 16.0 Å². The fourth-order valence-electron chi connectivity index (χ4n) is 2.73. The predicted octanol–water partition coefficient (Wildman–Crippen LogP) is 2.21. The van der Waals surface area contributed by atoms with E-state index in [-0.39, 0.29) is 5.91 Å². The van der Waals surface area contributed by atoms with Crippen molar-refractivity contribution in [2.45, 2.75) is 51.5 Å². The van der Waals surface area contributed by atoms with Gasteiger partial charge < -0.3 is 16.0 Å². The van der Waals surface area contributed by atoms with Gasteiger partial charge in [-0.1, -0.05) is 18.9 Å². The molecule has 0 aliphatic carbocycles. The van der Waals surface area contributed by atoms with Crippen molar-refractivity contribution in [3.05, 3.63) is 23.9 Å². The van der Waals surface area contributed by atoms with Gasteiger partial charge >= 0.3 is 0 Å². The largest absolute Gasteiger partial charge is 0.357 e. The topological polar surface area (TPSA) is 71.2 Å². The van der Waals surface area contributed by atoms with Gasteiger partial charge in [0.05, 0.1) is 0 Å². The number of unbranched alkanes of at least 4 members (excludes halogenated alkanes) is 3. The summed E-state index contributed by atoms with van der Waals surface area (Å²) in [5, 5.41) is 2.96. The van der Waals surface area contributed by atoms with E-state index in [9.17, 15) is 4.79 Å². The SMILES string of the molecule is NCCCCCCC(=O)NCc1ccc(N2CCCC2)nc1. The van der Waals surface area contributed by atoms with Gasteiger partial charge in [0.2, 0.25) is 5.91 Å². The van der Waals surface area contributed by atoms with Crippen LogP contribution in [0.4, 0.5) is 5.82 Å².